The summed E-state index contributed by atoms with van der Waals surface area (Å²) in [5.41, 5.74) is -1.02. The summed E-state index contributed by atoms with van der Waals surface area (Å²) in [7, 11) is -1.93. The van der Waals surface area contributed by atoms with Crippen LogP contribution in [0.15, 0.2) is 12.3 Å². The summed E-state index contributed by atoms with van der Waals surface area (Å²) in [4.78, 5) is 0. The van der Waals surface area contributed by atoms with Crippen molar-refractivity contribution in [3.63, 3.8) is 0 Å². The van der Waals surface area contributed by atoms with E-state index in [4.69, 9.17) is 4.43 Å². The fraction of sp³-hybridized carbons (Fsp3) is 0.800. The fourth-order valence-corrected chi connectivity index (χ4v) is 4.50. The molecule has 126 valence electrons. The second-order valence-electron chi connectivity index (χ2n) is 8.03. The van der Waals surface area contributed by atoms with Crippen LogP contribution in [0.25, 0.3) is 0 Å². The van der Waals surface area contributed by atoms with Crippen LogP contribution >= 0.6 is 0 Å². The van der Waals surface area contributed by atoms with Crippen LogP contribution in [0.2, 0.25) is 18.1 Å². The topological polar surface area (TPSA) is 27.1 Å². The van der Waals surface area contributed by atoms with Gasteiger partial charge in [0.15, 0.2) is 8.32 Å². The van der Waals surface area contributed by atoms with Crippen molar-refractivity contribution in [1.82, 2.24) is 9.78 Å². The van der Waals surface area contributed by atoms with Gasteiger partial charge in [-0.1, -0.05) is 20.8 Å². The Labute approximate surface area is 131 Å². The monoisotopic (exact) mass is 334 g/mol. The molecule has 1 fully saturated rings. The molecule has 0 aromatic carbocycles. The summed E-state index contributed by atoms with van der Waals surface area (Å²) in [6, 6.07) is 0.797. The minimum absolute atomic E-state index is 0.0872. The molecule has 1 saturated carbocycles. The molecule has 0 amide bonds. The molecule has 1 aliphatic rings. The van der Waals surface area contributed by atoms with E-state index in [0.29, 0.717) is 12.8 Å². The smallest absolute Gasteiger partial charge is 0.411 e. The van der Waals surface area contributed by atoms with Crippen molar-refractivity contribution < 1.29 is 17.6 Å². The Morgan fingerprint density at radius 2 is 1.82 bits per heavy atom. The average Bonchev–Trinajstić information content (AvgIpc) is 2.70. The van der Waals surface area contributed by atoms with E-state index in [0.717, 1.165) is 10.7 Å². The second-order valence-corrected chi connectivity index (χ2v) is 12.8. The molecule has 0 spiro atoms. The number of halogens is 3. The van der Waals surface area contributed by atoms with Crippen molar-refractivity contribution in [1.29, 1.82) is 0 Å². The largest absolute Gasteiger partial charge is 0.433 e. The molecule has 2 rings (SSSR count). The summed E-state index contributed by atoms with van der Waals surface area (Å²) in [6.07, 6.45) is -2.00. The lowest BCUT2D eigenvalue weighted by Crippen LogP contribution is -2.54. The van der Waals surface area contributed by atoms with Crippen LogP contribution in [0.3, 0.4) is 0 Å². The van der Waals surface area contributed by atoms with Crippen LogP contribution in [-0.2, 0) is 10.6 Å². The molecular formula is C15H25F3N2OSi. The molecule has 1 aliphatic carbocycles. The zero-order valence-corrected chi connectivity index (χ0v) is 15.1. The van der Waals surface area contributed by atoms with Crippen molar-refractivity contribution in [2.45, 2.75) is 76.5 Å². The molecule has 0 unspecified atom stereocenters. The molecule has 0 atom stereocenters. The Bertz CT molecular complexity index is 540. The standard InChI is InChI=1S/C15H25F3N2OSi/c1-13(2,3)22(5,6)21-14(4)9-11(10-14)20-12(7-8-19-20)15(16,17)18/h7-8,11H,9-10H2,1-6H3. The number of alkyl halides is 3. The van der Waals surface area contributed by atoms with Crippen molar-refractivity contribution in [2.24, 2.45) is 0 Å². The summed E-state index contributed by atoms with van der Waals surface area (Å²) >= 11 is 0. The molecule has 22 heavy (non-hydrogen) atoms. The SMILES string of the molecule is CC1(O[Si](C)(C)C(C)(C)C)CC(n2nccc2C(F)(F)F)C1. The third kappa shape index (κ3) is 3.25. The number of aromatic nitrogens is 2. The van der Waals surface area contributed by atoms with Crippen LogP contribution in [0, 0.1) is 0 Å². The molecule has 1 heterocycles. The predicted molar refractivity (Wildman–Crippen MR) is 82.2 cm³/mol. The molecule has 0 aliphatic heterocycles. The second kappa shape index (κ2) is 5.09. The molecule has 0 N–H and O–H groups in total. The van der Waals surface area contributed by atoms with Crippen molar-refractivity contribution in [3.05, 3.63) is 18.0 Å². The Hall–Kier alpha value is -0.823. The van der Waals surface area contributed by atoms with Crippen LogP contribution < -0.4 is 0 Å². The first-order valence-electron chi connectivity index (χ1n) is 7.56. The maximum Gasteiger partial charge on any atom is 0.433 e. The Morgan fingerprint density at radius 1 is 1.27 bits per heavy atom. The van der Waals surface area contributed by atoms with Crippen LogP contribution in [0.4, 0.5) is 13.2 Å². The highest BCUT2D eigenvalue weighted by Crippen LogP contribution is 2.50. The Balaban J connectivity index is 2.08. The van der Waals surface area contributed by atoms with E-state index < -0.39 is 20.2 Å². The van der Waals surface area contributed by atoms with E-state index >= 15 is 0 Å². The maximum absolute atomic E-state index is 12.9. The van der Waals surface area contributed by atoms with Crippen LogP contribution in [-0.4, -0.2) is 23.7 Å². The predicted octanol–water partition coefficient (Wildman–Crippen LogP) is 5.02. The lowest BCUT2D eigenvalue weighted by atomic mass is 9.77. The Kier molecular flexibility index (Phi) is 4.06. The van der Waals surface area contributed by atoms with Gasteiger partial charge in [-0.25, -0.2) is 0 Å². The van der Waals surface area contributed by atoms with Crippen LogP contribution in [0.1, 0.15) is 52.3 Å². The average molecular weight is 334 g/mol. The van der Waals surface area contributed by atoms with Gasteiger partial charge in [-0.2, -0.15) is 18.3 Å². The molecule has 1 aromatic rings. The number of nitrogens with zero attached hydrogens (tertiary/aromatic N) is 2. The molecule has 0 bridgehead atoms. The van der Waals surface area contributed by atoms with Gasteiger partial charge < -0.3 is 4.43 Å². The minimum atomic E-state index is -4.36. The summed E-state index contributed by atoms with van der Waals surface area (Å²) in [5, 5.41) is 3.96. The van der Waals surface area contributed by atoms with Gasteiger partial charge in [-0.3, -0.25) is 4.68 Å². The highest BCUT2D eigenvalue weighted by Gasteiger charge is 2.51. The van der Waals surface area contributed by atoms with E-state index in [2.05, 4.69) is 39.0 Å². The molecule has 7 heteroatoms. The van der Waals surface area contributed by atoms with E-state index in [1.165, 1.54) is 6.20 Å². The first kappa shape index (κ1) is 17.5. The highest BCUT2D eigenvalue weighted by atomic mass is 28.4. The highest BCUT2D eigenvalue weighted by molar-refractivity contribution is 6.74. The van der Waals surface area contributed by atoms with Gasteiger partial charge in [0.05, 0.1) is 11.6 Å². The van der Waals surface area contributed by atoms with Gasteiger partial charge in [0, 0.05) is 6.20 Å². The summed E-state index contributed by atoms with van der Waals surface area (Å²) < 4.78 is 46.3. The van der Waals surface area contributed by atoms with Gasteiger partial charge in [0.1, 0.15) is 5.69 Å². The third-order valence-corrected chi connectivity index (χ3v) is 9.56. The first-order chi connectivity index (χ1) is 9.75. The number of hydrogen-bond donors (Lipinski definition) is 0. The lowest BCUT2D eigenvalue weighted by Gasteiger charge is -2.52. The molecule has 1 aromatic heterocycles. The van der Waals surface area contributed by atoms with E-state index in [1.807, 2.05) is 6.92 Å². The van der Waals surface area contributed by atoms with Gasteiger partial charge in [-0.15, -0.1) is 0 Å². The minimum Gasteiger partial charge on any atom is -0.411 e. The van der Waals surface area contributed by atoms with E-state index in [-0.39, 0.29) is 16.7 Å². The van der Waals surface area contributed by atoms with Gasteiger partial charge in [0.2, 0.25) is 0 Å². The lowest BCUT2D eigenvalue weighted by molar-refractivity contribution is -0.148. The van der Waals surface area contributed by atoms with E-state index in [1.54, 1.807) is 0 Å². The van der Waals surface area contributed by atoms with E-state index in [9.17, 15) is 13.2 Å². The van der Waals surface area contributed by atoms with Crippen molar-refractivity contribution in [3.8, 4) is 0 Å². The normalized spacial score (nSPS) is 26.9. The number of rotatable bonds is 3. The zero-order valence-electron chi connectivity index (χ0n) is 14.1. The Morgan fingerprint density at radius 3 is 2.27 bits per heavy atom. The van der Waals surface area contributed by atoms with Crippen molar-refractivity contribution >= 4 is 8.32 Å². The third-order valence-electron chi connectivity index (χ3n) is 4.95. The fourth-order valence-electron chi connectivity index (χ4n) is 2.79. The zero-order chi connectivity index (χ0) is 17.0. The molecular weight excluding hydrogens is 309 g/mol. The molecule has 0 saturated heterocycles. The molecule has 3 nitrogen and oxygen atoms in total. The van der Waals surface area contributed by atoms with Gasteiger partial charge in [0.25, 0.3) is 0 Å². The summed E-state index contributed by atoms with van der Waals surface area (Å²) in [5.74, 6) is 0. The first-order valence-corrected chi connectivity index (χ1v) is 10.5. The molecule has 0 radical (unpaired) electrons. The number of hydrogen-bond acceptors (Lipinski definition) is 2. The van der Waals surface area contributed by atoms with Crippen molar-refractivity contribution in [2.75, 3.05) is 0 Å². The van der Waals surface area contributed by atoms with Gasteiger partial charge in [-0.05, 0) is 44.0 Å². The van der Waals surface area contributed by atoms with Gasteiger partial charge >= 0.3 is 6.18 Å². The maximum atomic E-state index is 12.9. The quantitative estimate of drug-likeness (QED) is 0.726. The summed E-state index contributed by atoms with van der Waals surface area (Å²) in [6.45, 7) is 12.8. The van der Waals surface area contributed by atoms with Crippen LogP contribution in [0.5, 0.6) is 0 Å².